The lowest BCUT2D eigenvalue weighted by molar-refractivity contribution is 0.187. The Labute approximate surface area is 145 Å². The van der Waals surface area contributed by atoms with E-state index in [4.69, 9.17) is 0 Å². The average Bonchev–Trinajstić information content (AvgIpc) is 2.54. The number of hydrogen-bond donors (Lipinski definition) is 1. The van der Waals surface area contributed by atoms with Crippen LogP contribution in [0.15, 0.2) is 35.1 Å². The van der Waals surface area contributed by atoms with Crippen molar-refractivity contribution in [2.75, 3.05) is 0 Å². The van der Waals surface area contributed by atoms with Gasteiger partial charge in [-0.05, 0) is 18.6 Å². The lowest BCUT2D eigenvalue weighted by Crippen LogP contribution is -2.13. The molecule has 3 nitrogen and oxygen atoms in total. The van der Waals surface area contributed by atoms with Crippen LogP contribution in [-0.4, -0.2) is 9.94 Å². The van der Waals surface area contributed by atoms with Crippen molar-refractivity contribution in [3.05, 3.63) is 46.2 Å². The molecule has 0 bridgehead atoms. The largest absolute Gasteiger partial charge is 0.428 e. The number of halogens is 1. The second kappa shape index (κ2) is 8.56. The second-order valence-corrected chi connectivity index (χ2v) is 7.29. The molecule has 2 rings (SSSR count). The molecule has 0 radical (unpaired) electrons. The first-order valence-corrected chi connectivity index (χ1v) is 9.37. The van der Waals surface area contributed by atoms with Crippen molar-refractivity contribution in [3.63, 3.8) is 0 Å². The van der Waals surface area contributed by atoms with Crippen molar-refractivity contribution in [1.29, 1.82) is 0 Å². The minimum Gasteiger partial charge on any atom is -0.428 e. The summed E-state index contributed by atoms with van der Waals surface area (Å²) in [4.78, 5) is 12.2. The highest BCUT2D eigenvalue weighted by Crippen LogP contribution is 2.29. The van der Waals surface area contributed by atoms with Crippen LogP contribution in [0.2, 0.25) is 0 Å². The van der Waals surface area contributed by atoms with Crippen LogP contribution in [0, 0.1) is 0 Å². The summed E-state index contributed by atoms with van der Waals surface area (Å²) in [5.41, 5.74) is 1.29. The number of hydrogen-bond acceptors (Lipinski definition) is 2. The maximum Gasteiger partial charge on any atom is 0.189 e. The van der Waals surface area contributed by atoms with Crippen LogP contribution in [0.4, 0.5) is 0 Å². The average molecular weight is 413 g/mol. The van der Waals surface area contributed by atoms with Crippen molar-refractivity contribution >= 4 is 33.5 Å². The molecule has 1 atom stereocenters. The van der Waals surface area contributed by atoms with Gasteiger partial charge in [0, 0.05) is 11.5 Å². The number of pyridine rings is 1. The fourth-order valence-corrected chi connectivity index (χ4v) is 3.64. The van der Waals surface area contributed by atoms with Crippen molar-refractivity contribution in [2.45, 2.75) is 55.8 Å². The molecule has 1 N–H and O–H groups in total. The molecule has 0 aliphatic carbocycles. The highest BCUT2D eigenvalue weighted by atomic mass is 127. The fourth-order valence-electron chi connectivity index (χ4n) is 2.75. The monoisotopic (exact) mass is 413 g/mol. The van der Waals surface area contributed by atoms with E-state index in [0.717, 1.165) is 12.8 Å². The van der Waals surface area contributed by atoms with Gasteiger partial charge in [-0.1, -0.05) is 80.2 Å². The van der Waals surface area contributed by atoms with Crippen LogP contribution >= 0.6 is 22.6 Å². The van der Waals surface area contributed by atoms with E-state index < -0.39 is 0 Å². The summed E-state index contributed by atoms with van der Waals surface area (Å²) in [5.74, 6) is 0. The van der Waals surface area contributed by atoms with Crippen LogP contribution < -0.4 is 5.43 Å². The molecule has 1 aromatic heterocycles. The minimum absolute atomic E-state index is 0.0134. The van der Waals surface area contributed by atoms with Gasteiger partial charge in [0.2, 0.25) is 0 Å². The number of aromatic nitrogens is 1. The normalized spacial score (nSPS) is 12.6. The number of para-hydroxylation sites is 1. The Hall–Kier alpha value is -1.04. The van der Waals surface area contributed by atoms with E-state index in [9.17, 15) is 10.0 Å². The third-order valence-corrected chi connectivity index (χ3v) is 5.31. The van der Waals surface area contributed by atoms with E-state index in [1.807, 2.05) is 12.1 Å². The first kappa shape index (κ1) is 17.3. The van der Waals surface area contributed by atoms with E-state index in [1.165, 1.54) is 36.8 Å². The van der Waals surface area contributed by atoms with Crippen LogP contribution in [0.5, 0.6) is 0 Å². The van der Waals surface area contributed by atoms with E-state index in [1.54, 1.807) is 18.2 Å². The van der Waals surface area contributed by atoms with Crippen molar-refractivity contribution in [3.8, 4) is 0 Å². The highest BCUT2D eigenvalue weighted by molar-refractivity contribution is 14.1. The van der Waals surface area contributed by atoms with Gasteiger partial charge in [-0.2, -0.15) is 4.73 Å². The molecule has 1 unspecified atom stereocenters. The van der Waals surface area contributed by atoms with Crippen molar-refractivity contribution in [1.82, 2.24) is 4.73 Å². The van der Waals surface area contributed by atoms with Crippen molar-refractivity contribution < 1.29 is 5.21 Å². The Morgan fingerprint density at radius 2 is 1.82 bits per heavy atom. The van der Waals surface area contributed by atoms with Gasteiger partial charge in [0.25, 0.3) is 0 Å². The smallest absolute Gasteiger partial charge is 0.189 e. The Balaban J connectivity index is 2.04. The van der Waals surface area contributed by atoms with Gasteiger partial charge < -0.3 is 5.21 Å². The summed E-state index contributed by atoms with van der Waals surface area (Å²) in [6.45, 7) is 2.22. The Morgan fingerprint density at radius 1 is 1.14 bits per heavy atom. The van der Waals surface area contributed by atoms with Crippen molar-refractivity contribution in [2.24, 2.45) is 0 Å². The lowest BCUT2D eigenvalue weighted by Gasteiger charge is -2.15. The maximum atomic E-state index is 12.2. The molecule has 0 aliphatic rings. The molecule has 0 aliphatic heterocycles. The molecule has 0 spiro atoms. The molecule has 2 aromatic rings. The number of fused-ring (bicyclic) bond motifs is 1. The number of rotatable bonds is 8. The van der Waals surface area contributed by atoms with Gasteiger partial charge in [-0.25, -0.2) is 0 Å². The summed E-state index contributed by atoms with van der Waals surface area (Å²) in [6, 6.07) is 8.78. The molecule has 22 heavy (non-hydrogen) atoms. The Kier molecular flexibility index (Phi) is 6.73. The summed E-state index contributed by atoms with van der Waals surface area (Å²) in [5, 5.41) is 11.0. The molecule has 4 heteroatoms. The number of alkyl halides is 1. The molecule has 0 saturated heterocycles. The molecule has 120 valence electrons. The molecule has 0 fully saturated rings. The second-order valence-electron chi connectivity index (χ2n) is 5.79. The molecule has 1 heterocycles. The number of unbranched alkanes of at least 4 members (excludes halogenated alkanes) is 5. The standard InChI is InChI=1S/C18H24INO2/c1-2-3-4-5-6-7-11-15(19)17-13-18(21)14-10-8-9-12-16(14)20(17)22/h8-10,12-13,15,22H,2-7,11H2,1H3. The van der Waals surface area contributed by atoms with E-state index in [2.05, 4.69) is 29.5 Å². The summed E-state index contributed by atoms with van der Waals surface area (Å²) >= 11 is 2.33. The SMILES string of the molecule is CCCCCCCCC(I)c1cc(=O)c2ccccc2n1O. The lowest BCUT2D eigenvalue weighted by atomic mass is 10.1. The fraction of sp³-hybridized carbons (Fsp3) is 0.500. The summed E-state index contributed by atoms with van der Waals surface area (Å²) in [6.07, 6.45) is 8.52. The Bertz CT molecular complexity index is 666. The van der Waals surface area contributed by atoms with E-state index in [-0.39, 0.29) is 9.35 Å². The van der Waals surface area contributed by atoms with Crippen LogP contribution in [-0.2, 0) is 0 Å². The highest BCUT2D eigenvalue weighted by Gasteiger charge is 2.15. The van der Waals surface area contributed by atoms with E-state index in [0.29, 0.717) is 16.6 Å². The van der Waals surface area contributed by atoms with Crippen LogP contribution in [0.1, 0.15) is 61.5 Å². The summed E-state index contributed by atoms with van der Waals surface area (Å²) in [7, 11) is 0. The molecular weight excluding hydrogens is 389 g/mol. The predicted molar refractivity (Wildman–Crippen MR) is 100 cm³/mol. The van der Waals surface area contributed by atoms with Crippen LogP contribution in [0.3, 0.4) is 0 Å². The van der Waals surface area contributed by atoms with Gasteiger partial charge in [0.1, 0.15) is 0 Å². The van der Waals surface area contributed by atoms with Gasteiger partial charge in [-0.3, -0.25) is 4.79 Å². The molecule has 0 saturated carbocycles. The Morgan fingerprint density at radius 3 is 2.59 bits per heavy atom. The number of nitrogens with zero attached hydrogens (tertiary/aromatic N) is 1. The zero-order valence-corrected chi connectivity index (χ0v) is 15.3. The molecule has 1 aromatic carbocycles. The quantitative estimate of drug-likeness (QED) is 0.270. The maximum absolute atomic E-state index is 12.2. The minimum atomic E-state index is -0.0134. The first-order valence-electron chi connectivity index (χ1n) is 8.13. The van der Waals surface area contributed by atoms with E-state index >= 15 is 0 Å². The van der Waals surface area contributed by atoms with Crippen LogP contribution in [0.25, 0.3) is 10.9 Å². The zero-order valence-electron chi connectivity index (χ0n) is 13.1. The number of benzene rings is 1. The van der Waals surface area contributed by atoms with Gasteiger partial charge >= 0.3 is 0 Å². The topological polar surface area (TPSA) is 42.2 Å². The first-order chi connectivity index (χ1) is 10.6. The summed E-state index contributed by atoms with van der Waals surface area (Å²) < 4.78 is 1.34. The molecule has 0 amide bonds. The predicted octanol–water partition coefficient (Wildman–Crippen LogP) is 5.47. The van der Waals surface area contributed by atoms with Gasteiger partial charge in [-0.15, -0.1) is 0 Å². The van der Waals surface area contributed by atoms with Gasteiger partial charge in [0.15, 0.2) is 5.43 Å². The third kappa shape index (κ3) is 4.24. The third-order valence-electron chi connectivity index (χ3n) is 4.05. The van der Waals surface area contributed by atoms with Gasteiger partial charge in [0.05, 0.1) is 15.1 Å². The zero-order chi connectivity index (χ0) is 15.9. The molecular formula is C18H24INO2.